The number of hydrogen-bond donors (Lipinski definition) is 0. The van der Waals surface area contributed by atoms with Crippen molar-refractivity contribution in [3.05, 3.63) is 0 Å². The molecule has 0 aliphatic carbocycles. The summed E-state index contributed by atoms with van der Waals surface area (Å²) >= 11 is 0. The summed E-state index contributed by atoms with van der Waals surface area (Å²) in [6.07, 6.45) is 0.206. The molecule has 2 rings (SSSR count). The summed E-state index contributed by atoms with van der Waals surface area (Å²) in [4.78, 5) is 26.9. The maximum absolute atomic E-state index is 11.9. The average Bonchev–Trinajstić information content (AvgIpc) is 2.74. The van der Waals surface area contributed by atoms with Crippen LogP contribution >= 0.6 is 0 Å². The van der Waals surface area contributed by atoms with Crippen molar-refractivity contribution < 1.29 is 19.1 Å². The Bertz CT molecular complexity index is 356. The number of nitrogens with zero attached hydrogens (tertiary/aromatic N) is 2. The molecule has 0 saturated carbocycles. The zero-order chi connectivity index (χ0) is 14.0. The minimum atomic E-state index is -0.458. The van der Waals surface area contributed by atoms with E-state index in [-0.39, 0.29) is 18.1 Å². The van der Waals surface area contributed by atoms with Crippen LogP contribution in [0.2, 0.25) is 0 Å². The smallest absolute Gasteiger partial charge is 0.410 e. The minimum Gasteiger partial charge on any atom is -0.464 e. The van der Waals surface area contributed by atoms with E-state index in [4.69, 9.17) is 9.47 Å². The number of amides is 1. The fraction of sp³-hybridized carbons (Fsp3) is 0.846. The lowest BCUT2D eigenvalue weighted by molar-refractivity contribution is -0.137. The van der Waals surface area contributed by atoms with E-state index in [0.29, 0.717) is 26.1 Å². The number of cyclic esters (lactones) is 1. The molecule has 0 spiro atoms. The lowest BCUT2D eigenvalue weighted by Gasteiger charge is -2.37. The van der Waals surface area contributed by atoms with E-state index in [0.717, 1.165) is 13.1 Å². The van der Waals surface area contributed by atoms with Crippen molar-refractivity contribution in [3.8, 4) is 0 Å². The van der Waals surface area contributed by atoms with E-state index < -0.39 is 5.60 Å². The van der Waals surface area contributed by atoms with Gasteiger partial charge in [0.15, 0.2) is 0 Å². The van der Waals surface area contributed by atoms with Crippen LogP contribution in [-0.2, 0) is 14.3 Å². The molecule has 2 saturated heterocycles. The molecular weight excluding hydrogens is 248 g/mol. The molecule has 2 heterocycles. The van der Waals surface area contributed by atoms with E-state index in [1.807, 2.05) is 20.8 Å². The highest BCUT2D eigenvalue weighted by molar-refractivity contribution is 5.72. The fourth-order valence-corrected chi connectivity index (χ4v) is 2.33. The van der Waals surface area contributed by atoms with Crippen LogP contribution in [0.25, 0.3) is 0 Å². The molecule has 2 aliphatic rings. The van der Waals surface area contributed by atoms with E-state index in [9.17, 15) is 9.59 Å². The number of hydrogen-bond acceptors (Lipinski definition) is 5. The molecule has 19 heavy (non-hydrogen) atoms. The van der Waals surface area contributed by atoms with Gasteiger partial charge in [0.05, 0.1) is 12.5 Å². The van der Waals surface area contributed by atoms with Gasteiger partial charge in [0, 0.05) is 26.2 Å². The van der Waals surface area contributed by atoms with Gasteiger partial charge >= 0.3 is 12.1 Å². The summed E-state index contributed by atoms with van der Waals surface area (Å²) in [5, 5.41) is 0. The monoisotopic (exact) mass is 270 g/mol. The Kier molecular flexibility index (Phi) is 3.99. The molecule has 0 aromatic rings. The largest absolute Gasteiger partial charge is 0.464 e. The van der Waals surface area contributed by atoms with Crippen LogP contribution in [0.1, 0.15) is 27.2 Å². The lowest BCUT2D eigenvalue weighted by Crippen LogP contribution is -2.53. The summed E-state index contributed by atoms with van der Waals surface area (Å²) in [5.74, 6) is -0.125. The second kappa shape index (κ2) is 5.36. The zero-order valence-corrected chi connectivity index (χ0v) is 11.8. The highest BCUT2D eigenvalue weighted by Crippen LogP contribution is 2.17. The van der Waals surface area contributed by atoms with Gasteiger partial charge in [0.2, 0.25) is 0 Å². The van der Waals surface area contributed by atoms with Crippen LogP contribution in [0, 0.1) is 0 Å². The van der Waals surface area contributed by atoms with Crippen LogP contribution in [0.5, 0.6) is 0 Å². The molecular formula is C13H22N2O4. The molecule has 2 aliphatic heterocycles. The van der Waals surface area contributed by atoms with Gasteiger partial charge in [-0.05, 0) is 20.8 Å². The third-order valence-corrected chi connectivity index (χ3v) is 3.32. The van der Waals surface area contributed by atoms with Gasteiger partial charge in [-0.1, -0.05) is 0 Å². The van der Waals surface area contributed by atoms with Crippen LogP contribution in [-0.4, -0.2) is 66.3 Å². The SMILES string of the molecule is CC(C)(C)OC(=O)N1CCN(C2COC(=O)C2)CC1. The van der Waals surface area contributed by atoms with Crippen LogP contribution in [0.3, 0.4) is 0 Å². The molecule has 1 unspecified atom stereocenters. The van der Waals surface area contributed by atoms with Crippen molar-refractivity contribution >= 4 is 12.1 Å². The highest BCUT2D eigenvalue weighted by atomic mass is 16.6. The first-order valence-electron chi connectivity index (χ1n) is 6.73. The van der Waals surface area contributed by atoms with Gasteiger partial charge in [0.25, 0.3) is 0 Å². The first-order valence-corrected chi connectivity index (χ1v) is 6.73. The van der Waals surface area contributed by atoms with Gasteiger partial charge in [0.1, 0.15) is 12.2 Å². The maximum atomic E-state index is 11.9. The summed E-state index contributed by atoms with van der Waals surface area (Å²) in [6.45, 7) is 8.87. The van der Waals surface area contributed by atoms with E-state index in [1.54, 1.807) is 4.90 Å². The molecule has 6 heteroatoms. The molecule has 1 atom stereocenters. The second-order valence-corrected chi connectivity index (χ2v) is 6.04. The number of carbonyl (C=O) groups excluding carboxylic acids is 2. The molecule has 0 N–H and O–H groups in total. The summed E-state index contributed by atoms with van der Waals surface area (Å²) < 4.78 is 10.3. The highest BCUT2D eigenvalue weighted by Gasteiger charge is 2.33. The predicted molar refractivity (Wildman–Crippen MR) is 68.7 cm³/mol. The third-order valence-electron chi connectivity index (χ3n) is 3.32. The van der Waals surface area contributed by atoms with Crippen LogP contribution < -0.4 is 0 Å². The predicted octanol–water partition coefficient (Wildman–Crippen LogP) is 0.855. The first-order chi connectivity index (χ1) is 8.85. The number of carbonyl (C=O) groups is 2. The van der Waals surface area contributed by atoms with Crippen molar-refractivity contribution in [2.24, 2.45) is 0 Å². The quantitative estimate of drug-likeness (QED) is 0.661. The van der Waals surface area contributed by atoms with E-state index >= 15 is 0 Å². The van der Waals surface area contributed by atoms with Crippen LogP contribution in [0.4, 0.5) is 4.79 Å². The van der Waals surface area contributed by atoms with Gasteiger partial charge < -0.3 is 14.4 Å². The molecule has 0 aromatic carbocycles. The lowest BCUT2D eigenvalue weighted by atomic mass is 10.2. The maximum Gasteiger partial charge on any atom is 0.410 e. The van der Waals surface area contributed by atoms with Gasteiger partial charge in [-0.3, -0.25) is 9.69 Å². The molecule has 0 aromatic heterocycles. The Balaban J connectivity index is 1.79. The number of esters is 1. The third kappa shape index (κ3) is 3.83. The molecule has 2 fully saturated rings. The molecule has 6 nitrogen and oxygen atoms in total. The van der Waals surface area contributed by atoms with Crippen molar-refractivity contribution in [1.82, 2.24) is 9.80 Å². The first kappa shape index (κ1) is 14.1. The van der Waals surface area contributed by atoms with E-state index in [1.165, 1.54) is 0 Å². The Morgan fingerprint density at radius 2 is 1.89 bits per heavy atom. The fourth-order valence-electron chi connectivity index (χ4n) is 2.33. The Morgan fingerprint density at radius 3 is 2.37 bits per heavy atom. The Hall–Kier alpha value is -1.30. The number of rotatable bonds is 1. The Labute approximate surface area is 113 Å². The van der Waals surface area contributed by atoms with E-state index in [2.05, 4.69) is 4.90 Å². The topological polar surface area (TPSA) is 59.1 Å². The van der Waals surface area contributed by atoms with Crippen molar-refractivity contribution in [3.63, 3.8) is 0 Å². The van der Waals surface area contributed by atoms with Crippen molar-refractivity contribution in [1.29, 1.82) is 0 Å². The van der Waals surface area contributed by atoms with Crippen molar-refractivity contribution in [2.45, 2.75) is 38.8 Å². The molecule has 108 valence electrons. The molecule has 0 radical (unpaired) electrons. The van der Waals surface area contributed by atoms with Gasteiger partial charge in [-0.15, -0.1) is 0 Å². The Morgan fingerprint density at radius 1 is 1.26 bits per heavy atom. The van der Waals surface area contributed by atoms with Crippen LogP contribution in [0.15, 0.2) is 0 Å². The summed E-state index contributed by atoms with van der Waals surface area (Å²) in [6, 6.07) is 0.174. The van der Waals surface area contributed by atoms with Crippen molar-refractivity contribution in [2.75, 3.05) is 32.8 Å². The molecule has 1 amide bonds. The summed E-state index contributed by atoms with van der Waals surface area (Å²) in [5.41, 5.74) is -0.458. The molecule has 0 bridgehead atoms. The number of ether oxygens (including phenoxy) is 2. The second-order valence-electron chi connectivity index (χ2n) is 6.04. The van der Waals surface area contributed by atoms with Gasteiger partial charge in [-0.2, -0.15) is 0 Å². The normalized spacial score (nSPS) is 25.3. The standard InChI is InChI=1S/C13H22N2O4/c1-13(2,3)19-12(17)15-6-4-14(5-7-15)10-8-11(16)18-9-10/h10H,4-9H2,1-3H3. The average molecular weight is 270 g/mol. The zero-order valence-electron chi connectivity index (χ0n) is 11.8. The minimum absolute atomic E-state index is 0.125. The van der Waals surface area contributed by atoms with Gasteiger partial charge in [-0.25, -0.2) is 4.79 Å². The summed E-state index contributed by atoms with van der Waals surface area (Å²) in [7, 11) is 0. The number of piperazine rings is 1.